The van der Waals surface area contributed by atoms with Crippen molar-refractivity contribution in [3.05, 3.63) is 22.7 Å². The smallest absolute Gasteiger partial charge is 0.310 e. The van der Waals surface area contributed by atoms with Crippen LogP contribution in [-0.4, -0.2) is 35.7 Å². The SMILES string of the molecule is COC(=O)C1CCCN(c2nccn(C(C)(C)C)c2=O)C1. The topological polar surface area (TPSA) is 64.4 Å². The summed E-state index contributed by atoms with van der Waals surface area (Å²) < 4.78 is 6.49. The van der Waals surface area contributed by atoms with E-state index in [1.54, 1.807) is 17.0 Å². The van der Waals surface area contributed by atoms with Gasteiger partial charge in [-0.1, -0.05) is 0 Å². The van der Waals surface area contributed by atoms with Crippen LogP contribution in [0.1, 0.15) is 33.6 Å². The van der Waals surface area contributed by atoms with Gasteiger partial charge in [-0.05, 0) is 33.6 Å². The zero-order valence-electron chi connectivity index (χ0n) is 13.1. The third-order valence-corrected chi connectivity index (χ3v) is 3.80. The summed E-state index contributed by atoms with van der Waals surface area (Å²) in [5.74, 6) is 0.0149. The number of piperidine rings is 1. The molecule has 1 aromatic heterocycles. The molecule has 0 radical (unpaired) electrons. The average molecular weight is 293 g/mol. The summed E-state index contributed by atoms with van der Waals surface area (Å²) in [4.78, 5) is 30.4. The van der Waals surface area contributed by atoms with Crippen molar-refractivity contribution in [2.45, 2.75) is 39.2 Å². The highest BCUT2D eigenvalue weighted by Crippen LogP contribution is 2.21. The molecule has 1 aliphatic heterocycles. The van der Waals surface area contributed by atoms with Gasteiger partial charge in [-0.2, -0.15) is 0 Å². The molecule has 6 nitrogen and oxygen atoms in total. The predicted octanol–water partition coefficient (Wildman–Crippen LogP) is 1.39. The molecule has 116 valence electrons. The Morgan fingerprint density at radius 2 is 2.14 bits per heavy atom. The zero-order valence-corrected chi connectivity index (χ0v) is 13.1. The average Bonchev–Trinajstić information content (AvgIpc) is 2.45. The van der Waals surface area contributed by atoms with Crippen molar-refractivity contribution in [1.29, 1.82) is 0 Å². The van der Waals surface area contributed by atoms with Crippen molar-refractivity contribution in [3.63, 3.8) is 0 Å². The van der Waals surface area contributed by atoms with Crippen LogP contribution in [0, 0.1) is 5.92 Å². The number of nitrogens with zero attached hydrogens (tertiary/aromatic N) is 3. The first-order valence-electron chi connectivity index (χ1n) is 7.25. The maximum absolute atomic E-state index is 12.6. The van der Waals surface area contributed by atoms with Crippen LogP contribution in [0.25, 0.3) is 0 Å². The Hall–Kier alpha value is -1.85. The molecule has 0 N–H and O–H groups in total. The second kappa shape index (κ2) is 5.87. The van der Waals surface area contributed by atoms with Crippen molar-refractivity contribution in [2.24, 2.45) is 5.92 Å². The fourth-order valence-corrected chi connectivity index (χ4v) is 2.67. The number of methoxy groups -OCH3 is 1. The summed E-state index contributed by atoms with van der Waals surface area (Å²) in [7, 11) is 1.40. The highest BCUT2D eigenvalue weighted by atomic mass is 16.5. The number of hydrogen-bond donors (Lipinski definition) is 0. The molecule has 0 bridgehead atoms. The normalized spacial score (nSPS) is 19.4. The number of carbonyl (C=O) groups excluding carboxylic acids is 1. The zero-order chi connectivity index (χ0) is 15.6. The van der Waals surface area contributed by atoms with Gasteiger partial charge in [-0.3, -0.25) is 9.59 Å². The minimum atomic E-state index is -0.299. The van der Waals surface area contributed by atoms with Gasteiger partial charge in [0.2, 0.25) is 0 Å². The van der Waals surface area contributed by atoms with Crippen molar-refractivity contribution < 1.29 is 9.53 Å². The second-order valence-corrected chi connectivity index (χ2v) is 6.41. The van der Waals surface area contributed by atoms with Gasteiger partial charge in [0.15, 0.2) is 5.82 Å². The molecule has 1 atom stereocenters. The first-order chi connectivity index (χ1) is 9.84. The Balaban J connectivity index is 2.30. The molecule has 6 heteroatoms. The molecule has 0 spiro atoms. The van der Waals surface area contributed by atoms with Gasteiger partial charge in [-0.25, -0.2) is 4.98 Å². The molecule has 1 unspecified atom stereocenters. The lowest BCUT2D eigenvalue weighted by molar-refractivity contribution is -0.145. The van der Waals surface area contributed by atoms with Gasteiger partial charge in [0.05, 0.1) is 13.0 Å². The first kappa shape index (κ1) is 15.5. The molecule has 0 aromatic carbocycles. The summed E-state index contributed by atoms with van der Waals surface area (Å²) in [5, 5.41) is 0. The number of rotatable bonds is 2. The van der Waals surface area contributed by atoms with E-state index >= 15 is 0 Å². The third-order valence-electron chi connectivity index (χ3n) is 3.80. The van der Waals surface area contributed by atoms with Gasteiger partial charge in [0.1, 0.15) is 0 Å². The number of carbonyl (C=O) groups is 1. The summed E-state index contributed by atoms with van der Waals surface area (Å²) in [6, 6.07) is 0. The molecule has 2 heterocycles. The lowest BCUT2D eigenvalue weighted by Gasteiger charge is -2.32. The molecule has 0 saturated carbocycles. The second-order valence-electron chi connectivity index (χ2n) is 6.41. The van der Waals surface area contributed by atoms with Crippen LogP contribution in [0.2, 0.25) is 0 Å². The monoisotopic (exact) mass is 293 g/mol. The van der Waals surface area contributed by atoms with Crippen molar-refractivity contribution in [3.8, 4) is 0 Å². The van der Waals surface area contributed by atoms with E-state index in [9.17, 15) is 9.59 Å². The largest absolute Gasteiger partial charge is 0.469 e. The van der Waals surface area contributed by atoms with Crippen LogP contribution >= 0.6 is 0 Å². The molecule has 21 heavy (non-hydrogen) atoms. The van der Waals surface area contributed by atoms with E-state index in [0.717, 1.165) is 19.4 Å². The van der Waals surface area contributed by atoms with E-state index in [4.69, 9.17) is 4.74 Å². The van der Waals surface area contributed by atoms with E-state index in [1.165, 1.54) is 7.11 Å². The predicted molar refractivity (Wildman–Crippen MR) is 80.4 cm³/mol. The fourth-order valence-electron chi connectivity index (χ4n) is 2.67. The van der Waals surface area contributed by atoms with Gasteiger partial charge in [-0.15, -0.1) is 0 Å². The Kier molecular flexibility index (Phi) is 4.34. The van der Waals surface area contributed by atoms with E-state index < -0.39 is 0 Å². The minimum Gasteiger partial charge on any atom is -0.469 e. The summed E-state index contributed by atoms with van der Waals surface area (Å²) in [6.45, 7) is 7.16. The van der Waals surface area contributed by atoms with Crippen molar-refractivity contribution >= 4 is 11.8 Å². The molecule has 0 aliphatic carbocycles. The van der Waals surface area contributed by atoms with Crippen molar-refractivity contribution in [2.75, 3.05) is 25.1 Å². The summed E-state index contributed by atoms with van der Waals surface area (Å²) in [5.41, 5.74) is -0.415. The fraction of sp³-hybridized carbons (Fsp3) is 0.667. The van der Waals surface area contributed by atoms with Gasteiger partial charge < -0.3 is 14.2 Å². The van der Waals surface area contributed by atoms with E-state index in [2.05, 4.69) is 4.98 Å². The van der Waals surface area contributed by atoms with Crippen molar-refractivity contribution in [1.82, 2.24) is 9.55 Å². The van der Waals surface area contributed by atoms with Crippen LogP contribution < -0.4 is 10.5 Å². The Bertz CT molecular complexity index is 574. The van der Waals surface area contributed by atoms with Crippen LogP contribution in [0.15, 0.2) is 17.2 Å². The lowest BCUT2D eigenvalue weighted by Crippen LogP contribution is -2.44. The Morgan fingerprint density at radius 1 is 1.43 bits per heavy atom. The van der Waals surface area contributed by atoms with E-state index in [-0.39, 0.29) is 23.0 Å². The quantitative estimate of drug-likeness (QED) is 0.771. The lowest BCUT2D eigenvalue weighted by atomic mass is 9.98. The molecular formula is C15H23N3O3. The molecule has 1 saturated heterocycles. The standard InChI is InChI=1S/C15H23N3O3/c1-15(2,3)18-9-7-16-12(13(18)19)17-8-5-6-11(10-17)14(20)21-4/h7,9,11H,5-6,8,10H2,1-4H3. The summed E-state index contributed by atoms with van der Waals surface area (Å²) in [6.07, 6.45) is 4.99. The van der Waals surface area contributed by atoms with E-state index in [1.807, 2.05) is 25.7 Å². The molecule has 1 aliphatic rings. The van der Waals surface area contributed by atoms with Crippen LogP contribution in [0.5, 0.6) is 0 Å². The minimum absolute atomic E-state index is 0.115. The highest BCUT2D eigenvalue weighted by molar-refractivity contribution is 5.73. The number of hydrogen-bond acceptors (Lipinski definition) is 5. The Morgan fingerprint density at radius 3 is 2.76 bits per heavy atom. The van der Waals surface area contributed by atoms with Crippen LogP contribution in [0.4, 0.5) is 5.82 Å². The summed E-state index contributed by atoms with van der Waals surface area (Å²) >= 11 is 0. The molecule has 0 amide bonds. The third kappa shape index (κ3) is 3.25. The number of esters is 1. The number of anilines is 1. The van der Waals surface area contributed by atoms with Gasteiger partial charge in [0.25, 0.3) is 5.56 Å². The highest BCUT2D eigenvalue weighted by Gasteiger charge is 2.29. The first-order valence-corrected chi connectivity index (χ1v) is 7.25. The van der Waals surface area contributed by atoms with Crippen LogP contribution in [0.3, 0.4) is 0 Å². The Labute approximate surface area is 124 Å². The van der Waals surface area contributed by atoms with Crippen LogP contribution in [-0.2, 0) is 15.1 Å². The number of aromatic nitrogens is 2. The van der Waals surface area contributed by atoms with Gasteiger partial charge in [0, 0.05) is 31.0 Å². The maximum Gasteiger partial charge on any atom is 0.310 e. The molecule has 2 rings (SSSR count). The van der Waals surface area contributed by atoms with Gasteiger partial charge >= 0.3 is 5.97 Å². The molecule has 1 fully saturated rings. The number of ether oxygens (including phenoxy) is 1. The molecular weight excluding hydrogens is 270 g/mol. The molecule has 1 aromatic rings. The van der Waals surface area contributed by atoms with E-state index in [0.29, 0.717) is 12.4 Å². The maximum atomic E-state index is 12.6.